The monoisotopic (exact) mass is 265 g/mol. The normalized spacial score (nSPS) is 10.3. The zero-order valence-electron chi connectivity index (χ0n) is 9.85. The molecule has 1 heterocycles. The number of halogens is 2. The molecule has 0 aliphatic rings. The Balaban J connectivity index is 2.60. The van der Waals surface area contributed by atoms with Gasteiger partial charge in [0.25, 0.3) is 5.69 Å². The van der Waals surface area contributed by atoms with Crippen molar-refractivity contribution in [2.24, 2.45) is 0 Å². The second kappa shape index (κ2) is 4.97. The largest absolute Gasteiger partial charge is 0.373 e. The number of anilines is 1. The van der Waals surface area contributed by atoms with Gasteiger partial charge in [-0.2, -0.15) is 0 Å². The van der Waals surface area contributed by atoms with Crippen LogP contribution in [0.4, 0.5) is 20.3 Å². The average molecular weight is 265 g/mol. The maximum atomic E-state index is 13.6. The molecule has 0 saturated heterocycles. The smallest absolute Gasteiger partial charge is 0.275 e. The first-order valence-corrected chi connectivity index (χ1v) is 5.31. The number of aromatic nitrogens is 1. The highest BCUT2D eigenvalue weighted by Gasteiger charge is 2.14. The van der Waals surface area contributed by atoms with Crippen molar-refractivity contribution in [1.82, 2.24) is 4.98 Å². The summed E-state index contributed by atoms with van der Waals surface area (Å²) < 4.78 is 26.5. The van der Waals surface area contributed by atoms with E-state index in [2.05, 4.69) is 10.3 Å². The van der Waals surface area contributed by atoms with Gasteiger partial charge in [-0.3, -0.25) is 10.1 Å². The van der Waals surface area contributed by atoms with Crippen LogP contribution in [0.1, 0.15) is 0 Å². The minimum Gasteiger partial charge on any atom is -0.373 e. The van der Waals surface area contributed by atoms with Crippen LogP contribution in [-0.2, 0) is 0 Å². The highest BCUT2D eigenvalue weighted by atomic mass is 19.1. The second-order valence-electron chi connectivity index (χ2n) is 3.73. The number of hydrogen-bond acceptors (Lipinski definition) is 4. The maximum Gasteiger partial charge on any atom is 0.275 e. The van der Waals surface area contributed by atoms with Crippen LogP contribution in [0, 0.1) is 21.7 Å². The van der Waals surface area contributed by atoms with Crippen molar-refractivity contribution < 1.29 is 13.7 Å². The SMILES string of the molecule is CNc1cc([N+](=O)[O-])cc(-c2ccc(F)cc2F)n1. The fourth-order valence-corrected chi connectivity index (χ4v) is 1.58. The van der Waals surface area contributed by atoms with E-state index in [1.54, 1.807) is 0 Å². The van der Waals surface area contributed by atoms with Crippen LogP contribution in [0.2, 0.25) is 0 Å². The second-order valence-corrected chi connectivity index (χ2v) is 3.73. The first kappa shape index (κ1) is 12.9. The number of nitro groups is 1. The van der Waals surface area contributed by atoms with Crippen molar-refractivity contribution >= 4 is 11.5 Å². The Morgan fingerprint density at radius 2 is 2.00 bits per heavy atom. The van der Waals surface area contributed by atoms with Crippen molar-refractivity contribution in [1.29, 1.82) is 0 Å². The molecular formula is C12H9F2N3O2. The molecule has 2 aromatic rings. The molecule has 0 atom stereocenters. The zero-order valence-corrected chi connectivity index (χ0v) is 9.85. The molecule has 1 N–H and O–H groups in total. The molecule has 2 rings (SSSR count). The van der Waals surface area contributed by atoms with Crippen LogP contribution in [-0.4, -0.2) is 17.0 Å². The molecular weight excluding hydrogens is 256 g/mol. The summed E-state index contributed by atoms with van der Waals surface area (Å²) in [5, 5.41) is 13.4. The van der Waals surface area contributed by atoms with Crippen molar-refractivity contribution in [3.8, 4) is 11.3 Å². The Kier molecular flexibility index (Phi) is 3.37. The van der Waals surface area contributed by atoms with Gasteiger partial charge in [0.1, 0.15) is 17.5 Å². The lowest BCUT2D eigenvalue weighted by Crippen LogP contribution is -1.98. The van der Waals surface area contributed by atoms with Gasteiger partial charge in [-0.25, -0.2) is 13.8 Å². The summed E-state index contributed by atoms with van der Waals surface area (Å²) in [4.78, 5) is 14.2. The van der Waals surface area contributed by atoms with Gasteiger partial charge in [-0.15, -0.1) is 0 Å². The number of nitrogens with one attached hydrogen (secondary N) is 1. The summed E-state index contributed by atoms with van der Waals surface area (Å²) in [7, 11) is 1.54. The quantitative estimate of drug-likeness (QED) is 0.684. The maximum absolute atomic E-state index is 13.6. The Bertz CT molecular complexity index is 647. The number of hydrogen-bond donors (Lipinski definition) is 1. The number of rotatable bonds is 3. The first-order chi connectivity index (χ1) is 9.01. The van der Waals surface area contributed by atoms with Gasteiger partial charge in [-0.05, 0) is 12.1 Å². The number of pyridine rings is 1. The molecule has 0 radical (unpaired) electrons. The lowest BCUT2D eigenvalue weighted by atomic mass is 10.1. The van der Waals surface area contributed by atoms with Crippen molar-refractivity contribution in [3.05, 3.63) is 52.1 Å². The molecule has 0 bridgehead atoms. The molecule has 1 aromatic heterocycles. The zero-order chi connectivity index (χ0) is 14.0. The van der Waals surface area contributed by atoms with Crippen LogP contribution in [0.15, 0.2) is 30.3 Å². The molecule has 0 amide bonds. The van der Waals surface area contributed by atoms with Crippen molar-refractivity contribution in [2.75, 3.05) is 12.4 Å². The highest BCUT2D eigenvalue weighted by Crippen LogP contribution is 2.27. The summed E-state index contributed by atoms with van der Waals surface area (Å²) in [6.07, 6.45) is 0. The van der Waals surface area contributed by atoms with Crippen LogP contribution >= 0.6 is 0 Å². The van der Waals surface area contributed by atoms with E-state index in [0.29, 0.717) is 6.07 Å². The number of benzene rings is 1. The van der Waals surface area contributed by atoms with Gasteiger partial charge in [0.2, 0.25) is 0 Å². The summed E-state index contributed by atoms with van der Waals surface area (Å²) in [5.74, 6) is -1.32. The third-order valence-electron chi connectivity index (χ3n) is 2.48. The standard InChI is InChI=1S/C12H9F2N3O2/c1-15-12-6-8(17(18)19)5-11(16-12)9-3-2-7(13)4-10(9)14/h2-6H,1H3,(H,15,16). The van der Waals surface area contributed by atoms with E-state index in [9.17, 15) is 18.9 Å². The van der Waals surface area contributed by atoms with Gasteiger partial charge >= 0.3 is 0 Å². The van der Waals surface area contributed by atoms with E-state index in [1.807, 2.05) is 0 Å². The fourth-order valence-electron chi connectivity index (χ4n) is 1.58. The Hall–Kier alpha value is -2.57. The molecule has 0 fully saturated rings. The molecule has 1 aromatic carbocycles. The fraction of sp³-hybridized carbons (Fsp3) is 0.0833. The average Bonchev–Trinajstić information content (AvgIpc) is 2.38. The van der Waals surface area contributed by atoms with E-state index in [-0.39, 0.29) is 22.8 Å². The predicted octanol–water partition coefficient (Wildman–Crippen LogP) is 2.98. The molecule has 98 valence electrons. The van der Waals surface area contributed by atoms with Crippen LogP contribution < -0.4 is 5.32 Å². The highest BCUT2D eigenvalue weighted by molar-refractivity contribution is 5.65. The molecule has 0 unspecified atom stereocenters. The van der Waals surface area contributed by atoms with Gasteiger partial charge in [-0.1, -0.05) is 0 Å². The molecule has 0 aliphatic heterocycles. The van der Waals surface area contributed by atoms with E-state index in [4.69, 9.17) is 0 Å². The topological polar surface area (TPSA) is 68.1 Å². The van der Waals surface area contributed by atoms with Crippen molar-refractivity contribution in [2.45, 2.75) is 0 Å². The van der Waals surface area contributed by atoms with E-state index < -0.39 is 16.6 Å². The Morgan fingerprint density at radius 1 is 1.26 bits per heavy atom. The van der Waals surface area contributed by atoms with E-state index in [1.165, 1.54) is 19.2 Å². The lowest BCUT2D eigenvalue weighted by molar-refractivity contribution is -0.384. The summed E-state index contributed by atoms with van der Waals surface area (Å²) in [6.45, 7) is 0. The third-order valence-corrected chi connectivity index (χ3v) is 2.48. The van der Waals surface area contributed by atoms with Gasteiger partial charge in [0.15, 0.2) is 0 Å². The van der Waals surface area contributed by atoms with Gasteiger partial charge < -0.3 is 5.32 Å². The molecule has 0 saturated carbocycles. The summed E-state index contributed by atoms with van der Waals surface area (Å²) >= 11 is 0. The molecule has 19 heavy (non-hydrogen) atoms. The Labute approximate surface area is 107 Å². The first-order valence-electron chi connectivity index (χ1n) is 5.31. The molecule has 0 spiro atoms. The van der Waals surface area contributed by atoms with Gasteiger partial charge in [0, 0.05) is 24.7 Å². The minimum absolute atomic E-state index is 0.00148. The van der Waals surface area contributed by atoms with Crippen LogP contribution in [0.3, 0.4) is 0 Å². The van der Waals surface area contributed by atoms with Crippen LogP contribution in [0.5, 0.6) is 0 Å². The molecule has 5 nitrogen and oxygen atoms in total. The third kappa shape index (κ3) is 2.65. The van der Waals surface area contributed by atoms with Gasteiger partial charge in [0.05, 0.1) is 16.7 Å². The van der Waals surface area contributed by atoms with Crippen LogP contribution in [0.25, 0.3) is 11.3 Å². The summed E-state index contributed by atoms with van der Waals surface area (Å²) in [6, 6.07) is 5.32. The van der Waals surface area contributed by atoms with E-state index >= 15 is 0 Å². The van der Waals surface area contributed by atoms with Crippen molar-refractivity contribution in [3.63, 3.8) is 0 Å². The summed E-state index contributed by atoms with van der Waals surface area (Å²) in [5.41, 5.74) is -0.157. The minimum atomic E-state index is -0.824. The lowest BCUT2D eigenvalue weighted by Gasteiger charge is -2.06. The molecule has 7 heteroatoms. The van der Waals surface area contributed by atoms with E-state index in [0.717, 1.165) is 12.1 Å². The predicted molar refractivity (Wildman–Crippen MR) is 65.8 cm³/mol. The molecule has 0 aliphatic carbocycles. The Morgan fingerprint density at radius 3 is 2.58 bits per heavy atom. The number of nitrogens with zero attached hydrogens (tertiary/aromatic N) is 2.